The molecule has 2 N–H and O–H groups in total. The van der Waals surface area contributed by atoms with Crippen molar-refractivity contribution in [3.63, 3.8) is 0 Å². The van der Waals surface area contributed by atoms with Crippen LogP contribution in [-0.2, 0) is 9.53 Å². The minimum atomic E-state index is -0.454. The third kappa shape index (κ3) is 5.48. The Balaban J connectivity index is 2.32. The fraction of sp³-hybridized carbons (Fsp3) is 0.429. The molecule has 28 heavy (non-hydrogen) atoms. The second-order valence-electron chi connectivity index (χ2n) is 6.90. The van der Waals surface area contributed by atoms with Crippen molar-refractivity contribution in [2.45, 2.75) is 33.2 Å². The van der Waals surface area contributed by atoms with Gasteiger partial charge in [0.15, 0.2) is 16.6 Å². The van der Waals surface area contributed by atoms with Gasteiger partial charge in [0.1, 0.15) is 6.61 Å². The molecule has 0 radical (unpaired) electrons. The van der Waals surface area contributed by atoms with Crippen molar-refractivity contribution in [3.8, 4) is 11.5 Å². The van der Waals surface area contributed by atoms with Crippen LogP contribution in [0.25, 0.3) is 0 Å². The van der Waals surface area contributed by atoms with Gasteiger partial charge >= 0.3 is 5.97 Å². The molecule has 0 bridgehead atoms. The molecule has 0 spiro atoms. The molecule has 7 heteroatoms. The number of esters is 1. The molecule has 0 unspecified atom stereocenters. The number of thiocarbonyl (C=S) groups is 1. The van der Waals surface area contributed by atoms with Crippen molar-refractivity contribution >= 4 is 23.3 Å². The number of hydrogen-bond acceptors (Lipinski definition) is 5. The lowest BCUT2D eigenvalue weighted by atomic mass is 9.95. The molecular weight excluding hydrogens is 376 g/mol. The lowest BCUT2D eigenvalue weighted by molar-refractivity contribution is -0.138. The van der Waals surface area contributed by atoms with E-state index >= 15 is 0 Å². The maximum Gasteiger partial charge on any atom is 0.338 e. The lowest BCUT2D eigenvalue weighted by Crippen LogP contribution is -2.45. The summed E-state index contributed by atoms with van der Waals surface area (Å²) in [4.78, 5) is 12.6. The Bertz CT molecular complexity index is 774. The maximum atomic E-state index is 12.6. The van der Waals surface area contributed by atoms with Gasteiger partial charge in [0.2, 0.25) is 0 Å². The normalized spacial score (nSPS) is 16.3. The summed E-state index contributed by atoms with van der Waals surface area (Å²) in [7, 11) is 1.59. The Labute approximate surface area is 171 Å². The quantitative estimate of drug-likeness (QED) is 0.370. The van der Waals surface area contributed by atoms with Gasteiger partial charge in [0, 0.05) is 5.70 Å². The van der Waals surface area contributed by atoms with Crippen LogP contribution in [0.3, 0.4) is 0 Å². The van der Waals surface area contributed by atoms with E-state index in [9.17, 15) is 4.79 Å². The van der Waals surface area contributed by atoms with E-state index in [2.05, 4.69) is 31.1 Å². The molecule has 1 aromatic rings. The van der Waals surface area contributed by atoms with Crippen molar-refractivity contribution in [2.24, 2.45) is 5.92 Å². The number of ether oxygens (including phenoxy) is 3. The van der Waals surface area contributed by atoms with Gasteiger partial charge in [0.05, 0.1) is 25.3 Å². The van der Waals surface area contributed by atoms with Crippen LogP contribution in [0, 0.1) is 5.92 Å². The van der Waals surface area contributed by atoms with E-state index in [1.54, 1.807) is 14.0 Å². The molecule has 0 saturated carbocycles. The minimum absolute atomic E-state index is 0.138. The Hall–Kier alpha value is -2.54. The number of allylic oxidation sites excluding steroid dienone is 1. The smallest absolute Gasteiger partial charge is 0.338 e. The van der Waals surface area contributed by atoms with Gasteiger partial charge in [0.25, 0.3) is 0 Å². The summed E-state index contributed by atoms with van der Waals surface area (Å²) >= 11 is 5.27. The molecule has 1 aliphatic heterocycles. The fourth-order valence-electron chi connectivity index (χ4n) is 2.81. The molecule has 2 rings (SSSR count). The summed E-state index contributed by atoms with van der Waals surface area (Å²) in [5, 5.41) is 6.56. The first-order valence-corrected chi connectivity index (χ1v) is 9.65. The summed E-state index contributed by atoms with van der Waals surface area (Å²) in [6, 6.07) is 5.14. The van der Waals surface area contributed by atoms with Crippen LogP contribution in [0.2, 0.25) is 0 Å². The van der Waals surface area contributed by atoms with Gasteiger partial charge in [-0.15, -0.1) is 0 Å². The highest BCUT2D eigenvalue weighted by molar-refractivity contribution is 7.80. The SMILES string of the molecule is C=CCOC(=O)C1=C(C)NC(=S)N[C@@H]1c1ccc(OCCC(C)C)c(OC)c1. The zero-order valence-electron chi connectivity index (χ0n) is 16.8. The van der Waals surface area contributed by atoms with Crippen LogP contribution >= 0.6 is 12.2 Å². The third-order valence-electron chi connectivity index (χ3n) is 4.30. The molecule has 152 valence electrons. The third-order valence-corrected chi connectivity index (χ3v) is 4.52. The molecule has 0 aromatic heterocycles. The molecule has 0 amide bonds. The van der Waals surface area contributed by atoms with E-state index < -0.39 is 12.0 Å². The fourth-order valence-corrected chi connectivity index (χ4v) is 3.09. The Kier molecular flexibility index (Phi) is 7.87. The van der Waals surface area contributed by atoms with Crippen LogP contribution in [-0.4, -0.2) is 31.4 Å². The van der Waals surface area contributed by atoms with Crippen molar-refractivity contribution < 1.29 is 19.0 Å². The minimum Gasteiger partial charge on any atom is -0.493 e. The van der Waals surface area contributed by atoms with Crippen LogP contribution in [0.1, 0.15) is 38.8 Å². The van der Waals surface area contributed by atoms with E-state index in [1.807, 2.05) is 18.2 Å². The lowest BCUT2D eigenvalue weighted by Gasteiger charge is -2.30. The van der Waals surface area contributed by atoms with Gasteiger partial charge in [-0.25, -0.2) is 4.79 Å². The molecule has 0 saturated heterocycles. The van der Waals surface area contributed by atoms with Crippen molar-refractivity contribution in [1.82, 2.24) is 10.6 Å². The first kappa shape index (κ1) is 21.8. The Morgan fingerprint density at radius 1 is 1.36 bits per heavy atom. The van der Waals surface area contributed by atoms with E-state index in [1.165, 1.54) is 6.08 Å². The van der Waals surface area contributed by atoms with Gasteiger partial charge in [-0.1, -0.05) is 32.6 Å². The zero-order valence-corrected chi connectivity index (χ0v) is 17.7. The predicted octanol–water partition coefficient (Wildman–Crippen LogP) is 3.64. The Morgan fingerprint density at radius 3 is 2.75 bits per heavy atom. The average Bonchev–Trinajstić information content (AvgIpc) is 2.65. The molecule has 0 aliphatic carbocycles. The zero-order chi connectivity index (χ0) is 20.7. The Morgan fingerprint density at radius 2 is 2.11 bits per heavy atom. The largest absolute Gasteiger partial charge is 0.493 e. The van der Waals surface area contributed by atoms with Crippen LogP contribution in [0.5, 0.6) is 11.5 Å². The van der Waals surface area contributed by atoms with Gasteiger partial charge in [-0.3, -0.25) is 0 Å². The van der Waals surface area contributed by atoms with Gasteiger partial charge in [-0.2, -0.15) is 0 Å². The first-order valence-electron chi connectivity index (χ1n) is 9.24. The summed E-state index contributed by atoms with van der Waals surface area (Å²) in [6.45, 7) is 10.4. The van der Waals surface area contributed by atoms with E-state index in [-0.39, 0.29) is 6.61 Å². The topological polar surface area (TPSA) is 68.8 Å². The predicted molar refractivity (Wildman–Crippen MR) is 113 cm³/mol. The van der Waals surface area contributed by atoms with Crippen LogP contribution in [0.4, 0.5) is 0 Å². The molecule has 1 aliphatic rings. The van der Waals surface area contributed by atoms with E-state index in [0.29, 0.717) is 40.4 Å². The number of benzene rings is 1. The summed E-state index contributed by atoms with van der Waals surface area (Å²) in [6.07, 6.45) is 2.49. The summed E-state index contributed by atoms with van der Waals surface area (Å²) in [5.41, 5.74) is 1.94. The van der Waals surface area contributed by atoms with Crippen LogP contribution < -0.4 is 20.1 Å². The number of carbonyl (C=O) groups excluding carboxylic acids is 1. The summed E-state index contributed by atoms with van der Waals surface area (Å²) < 4.78 is 16.6. The van der Waals surface area contributed by atoms with Crippen molar-refractivity contribution in [1.29, 1.82) is 0 Å². The molecule has 0 fully saturated rings. The van der Waals surface area contributed by atoms with Crippen molar-refractivity contribution in [3.05, 3.63) is 47.7 Å². The van der Waals surface area contributed by atoms with Gasteiger partial charge in [-0.05, 0) is 49.2 Å². The molecule has 1 aromatic carbocycles. The highest BCUT2D eigenvalue weighted by Gasteiger charge is 2.31. The van der Waals surface area contributed by atoms with E-state index in [4.69, 9.17) is 26.4 Å². The number of rotatable bonds is 9. The number of nitrogens with one attached hydrogen (secondary N) is 2. The van der Waals surface area contributed by atoms with Gasteiger partial charge < -0.3 is 24.8 Å². The van der Waals surface area contributed by atoms with Crippen molar-refractivity contribution in [2.75, 3.05) is 20.3 Å². The van der Waals surface area contributed by atoms with E-state index in [0.717, 1.165) is 12.0 Å². The molecule has 1 heterocycles. The monoisotopic (exact) mass is 404 g/mol. The molecule has 6 nitrogen and oxygen atoms in total. The first-order chi connectivity index (χ1) is 13.4. The van der Waals surface area contributed by atoms with Crippen LogP contribution in [0.15, 0.2) is 42.1 Å². The number of hydrogen-bond donors (Lipinski definition) is 2. The molecule has 1 atom stereocenters. The highest BCUT2D eigenvalue weighted by atomic mass is 32.1. The maximum absolute atomic E-state index is 12.6. The standard InChI is InChI=1S/C21H28N2O4S/c1-6-10-27-20(24)18-14(4)22-21(28)23-19(18)15-7-8-16(17(12-15)25-5)26-11-9-13(2)3/h6-8,12-13,19H,1,9-11H2,2-5H3,(H2,22,23,28)/t19-/m1/s1. The second-order valence-corrected chi connectivity index (χ2v) is 7.31. The average molecular weight is 405 g/mol. The highest BCUT2D eigenvalue weighted by Crippen LogP contribution is 2.34. The summed E-state index contributed by atoms with van der Waals surface area (Å²) in [5.74, 6) is 1.40. The second kappa shape index (κ2) is 10.1. The molecular formula is C21H28N2O4S. The number of methoxy groups -OCH3 is 1. The number of carbonyl (C=O) groups is 1.